The molecule has 0 radical (unpaired) electrons. The molecule has 4 rings (SSSR count). The normalized spacial score (nSPS) is 11.5. The highest BCUT2D eigenvalue weighted by Gasteiger charge is 2.12. The van der Waals surface area contributed by atoms with Gasteiger partial charge in [0.05, 0.1) is 17.1 Å². The van der Waals surface area contributed by atoms with Gasteiger partial charge in [-0.1, -0.05) is 43.5 Å². The Morgan fingerprint density at radius 3 is 2.65 bits per heavy atom. The number of rotatable bonds is 5. The van der Waals surface area contributed by atoms with Crippen molar-refractivity contribution in [3.8, 4) is 11.1 Å². The standard InChI is InChI=1S/C20H19ClN4O/c1-2-3-4-10-24-11-9-18-17(20(24)26)12-22-19-16(13-23-25(18)19)14-5-7-15(21)8-6-14/h5-9,11-13H,2-4,10H2,1H3. The molecule has 6 heteroatoms. The lowest BCUT2D eigenvalue weighted by molar-refractivity contribution is 0.590. The number of aryl methyl sites for hydroxylation is 1. The number of aromatic nitrogens is 4. The third-order valence-electron chi connectivity index (χ3n) is 4.63. The van der Waals surface area contributed by atoms with Gasteiger partial charge in [0.2, 0.25) is 0 Å². The number of benzene rings is 1. The number of nitrogens with zero attached hydrogens (tertiary/aromatic N) is 4. The van der Waals surface area contributed by atoms with Gasteiger partial charge in [0.15, 0.2) is 5.65 Å². The summed E-state index contributed by atoms with van der Waals surface area (Å²) in [5, 5.41) is 5.74. The second-order valence-electron chi connectivity index (χ2n) is 6.38. The van der Waals surface area contributed by atoms with Gasteiger partial charge in [-0.25, -0.2) is 9.50 Å². The molecule has 0 aliphatic heterocycles. The van der Waals surface area contributed by atoms with Crippen LogP contribution in [0, 0.1) is 0 Å². The summed E-state index contributed by atoms with van der Waals surface area (Å²) in [6, 6.07) is 9.51. The van der Waals surface area contributed by atoms with E-state index in [0.29, 0.717) is 10.4 Å². The minimum atomic E-state index is -0.0171. The van der Waals surface area contributed by atoms with Crippen LogP contribution in [0.15, 0.2) is 53.7 Å². The van der Waals surface area contributed by atoms with Crippen LogP contribution in [0.4, 0.5) is 0 Å². The molecule has 0 amide bonds. The van der Waals surface area contributed by atoms with Crippen LogP contribution in [-0.4, -0.2) is 19.2 Å². The molecule has 0 aliphatic carbocycles. The van der Waals surface area contributed by atoms with Crippen molar-refractivity contribution in [2.24, 2.45) is 0 Å². The number of pyridine rings is 1. The number of halogens is 1. The number of unbranched alkanes of at least 4 members (excludes halogenated alkanes) is 2. The highest BCUT2D eigenvalue weighted by Crippen LogP contribution is 2.26. The fraction of sp³-hybridized carbons (Fsp3) is 0.250. The van der Waals surface area contributed by atoms with E-state index in [9.17, 15) is 4.79 Å². The minimum absolute atomic E-state index is 0.0171. The van der Waals surface area contributed by atoms with Crippen LogP contribution in [0.25, 0.3) is 27.7 Å². The van der Waals surface area contributed by atoms with Gasteiger partial charge in [-0.15, -0.1) is 0 Å². The first-order valence-electron chi connectivity index (χ1n) is 8.81. The van der Waals surface area contributed by atoms with Gasteiger partial charge in [0.1, 0.15) is 0 Å². The van der Waals surface area contributed by atoms with E-state index in [0.717, 1.165) is 48.1 Å². The Balaban J connectivity index is 1.82. The molecule has 0 saturated heterocycles. The maximum Gasteiger partial charge on any atom is 0.261 e. The highest BCUT2D eigenvalue weighted by atomic mass is 35.5. The SMILES string of the molecule is CCCCCn1ccc2c(cnc3c(-c4ccc(Cl)cc4)cnn32)c1=O. The molecule has 0 N–H and O–H groups in total. The van der Waals surface area contributed by atoms with E-state index < -0.39 is 0 Å². The Morgan fingerprint density at radius 2 is 1.88 bits per heavy atom. The topological polar surface area (TPSA) is 52.2 Å². The van der Waals surface area contributed by atoms with Crippen molar-refractivity contribution in [2.45, 2.75) is 32.7 Å². The number of fused-ring (bicyclic) bond motifs is 3. The van der Waals surface area contributed by atoms with Crippen LogP contribution in [-0.2, 0) is 6.54 Å². The zero-order chi connectivity index (χ0) is 18.1. The summed E-state index contributed by atoms with van der Waals surface area (Å²) in [5.41, 5.74) is 3.38. The van der Waals surface area contributed by atoms with E-state index in [4.69, 9.17) is 11.6 Å². The van der Waals surface area contributed by atoms with Crippen molar-refractivity contribution in [2.75, 3.05) is 0 Å². The average molecular weight is 367 g/mol. The van der Waals surface area contributed by atoms with Gasteiger partial charge in [-0.2, -0.15) is 5.10 Å². The molecule has 0 unspecified atom stereocenters. The largest absolute Gasteiger partial charge is 0.315 e. The van der Waals surface area contributed by atoms with E-state index in [1.54, 1.807) is 21.5 Å². The molecule has 5 nitrogen and oxygen atoms in total. The Bertz CT molecular complexity index is 1130. The lowest BCUT2D eigenvalue weighted by atomic mass is 10.1. The van der Waals surface area contributed by atoms with Crippen LogP contribution in [0.1, 0.15) is 26.2 Å². The minimum Gasteiger partial charge on any atom is -0.315 e. The first-order chi connectivity index (χ1) is 12.7. The van der Waals surface area contributed by atoms with Crippen LogP contribution in [0.3, 0.4) is 0 Å². The summed E-state index contributed by atoms with van der Waals surface area (Å²) >= 11 is 5.97. The summed E-state index contributed by atoms with van der Waals surface area (Å²) in [4.78, 5) is 17.3. The van der Waals surface area contributed by atoms with E-state index in [-0.39, 0.29) is 5.56 Å². The molecule has 0 aliphatic rings. The molecule has 0 saturated carbocycles. The molecule has 26 heavy (non-hydrogen) atoms. The van der Waals surface area contributed by atoms with Crippen molar-refractivity contribution in [1.29, 1.82) is 0 Å². The zero-order valence-electron chi connectivity index (χ0n) is 14.5. The predicted molar refractivity (Wildman–Crippen MR) is 105 cm³/mol. The molecular formula is C20H19ClN4O. The maximum absolute atomic E-state index is 12.7. The number of hydrogen-bond donors (Lipinski definition) is 0. The Morgan fingerprint density at radius 1 is 1.08 bits per heavy atom. The average Bonchev–Trinajstić information content (AvgIpc) is 3.09. The predicted octanol–water partition coefficient (Wildman–Crippen LogP) is 4.55. The summed E-state index contributed by atoms with van der Waals surface area (Å²) < 4.78 is 3.49. The molecular weight excluding hydrogens is 348 g/mol. The van der Waals surface area contributed by atoms with Gasteiger partial charge in [0.25, 0.3) is 5.56 Å². The third kappa shape index (κ3) is 2.88. The monoisotopic (exact) mass is 366 g/mol. The van der Waals surface area contributed by atoms with Crippen molar-refractivity contribution in [3.63, 3.8) is 0 Å². The van der Waals surface area contributed by atoms with Crippen molar-refractivity contribution in [1.82, 2.24) is 19.2 Å². The molecule has 3 heterocycles. The van der Waals surface area contributed by atoms with Gasteiger partial charge >= 0.3 is 0 Å². The summed E-state index contributed by atoms with van der Waals surface area (Å²) in [5.74, 6) is 0. The Labute approximate surface area is 155 Å². The van der Waals surface area contributed by atoms with Crippen LogP contribution < -0.4 is 5.56 Å². The van der Waals surface area contributed by atoms with Crippen LogP contribution in [0.2, 0.25) is 5.02 Å². The van der Waals surface area contributed by atoms with Gasteiger partial charge < -0.3 is 4.57 Å². The Hall–Kier alpha value is -2.66. The highest BCUT2D eigenvalue weighted by molar-refractivity contribution is 6.30. The number of hydrogen-bond acceptors (Lipinski definition) is 3. The van der Waals surface area contributed by atoms with Crippen molar-refractivity contribution >= 4 is 28.2 Å². The lowest BCUT2D eigenvalue weighted by Gasteiger charge is -2.08. The first-order valence-corrected chi connectivity index (χ1v) is 9.18. The zero-order valence-corrected chi connectivity index (χ0v) is 15.3. The summed E-state index contributed by atoms with van der Waals surface area (Å²) in [7, 11) is 0. The van der Waals surface area contributed by atoms with E-state index >= 15 is 0 Å². The molecule has 0 bridgehead atoms. The molecule has 132 valence electrons. The molecule has 0 spiro atoms. The molecule has 3 aromatic heterocycles. The maximum atomic E-state index is 12.7. The lowest BCUT2D eigenvalue weighted by Crippen LogP contribution is -2.20. The molecule has 4 aromatic rings. The quantitative estimate of drug-likeness (QED) is 0.487. The summed E-state index contributed by atoms with van der Waals surface area (Å²) in [6.07, 6.45) is 8.53. The second kappa shape index (κ2) is 6.92. The van der Waals surface area contributed by atoms with Crippen LogP contribution >= 0.6 is 11.6 Å². The third-order valence-corrected chi connectivity index (χ3v) is 4.88. The van der Waals surface area contributed by atoms with Gasteiger partial charge in [-0.3, -0.25) is 4.79 Å². The molecule has 0 atom stereocenters. The smallest absolute Gasteiger partial charge is 0.261 e. The van der Waals surface area contributed by atoms with Crippen LogP contribution in [0.5, 0.6) is 0 Å². The first kappa shape index (κ1) is 16.8. The second-order valence-corrected chi connectivity index (χ2v) is 6.82. The van der Waals surface area contributed by atoms with E-state index in [1.165, 1.54) is 0 Å². The van der Waals surface area contributed by atoms with Crippen molar-refractivity contribution in [3.05, 3.63) is 64.3 Å². The van der Waals surface area contributed by atoms with Gasteiger partial charge in [-0.05, 0) is 30.2 Å². The van der Waals surface area contributed by atoms with Crippen molar-refractivity contribution < 1.29 is 0 Å². The fourth-order valence-corrected chi connectivity index (χ4v) is 3.32. The molecule has 0 fully saturated rings. The fourth-order valence-electron chi connectivity index (χ4n) is 3.20. The van der Waals surface area contributed by atoms with Gasteiger partial charge in [0, 0.05) is 29.5 Å². The van der Waals surface area contributed by atoms with E-state index in [2.05, 4.69) is 17.0 Å². The Kier molecular flexibility index (Phi) is 4.47. The van der Waals surface area contributed by atoms with E-state index in [1.807, 2.05) is 36.5 Å². The summed E-state index contributed by atoms with van der Waals surface area (Å²) in [6.45, 7) is 2.88. The molecule has 1 aromatic carbocycles.